The van der Waals surface area contributed by atoms with E-state index in [-0.39, 0.29) is 12.8 Å². The molecule has 0 amide bonds. The topological polar surface area (TPSA) is 26.3 Å². The Morgan fingerprint density at radius 2 is 1.35 bits per heavy atom. The number of hydrogen-bond acceptors (Lipinski definition) is 2. The van der Waals surface area contributed by atoms with Gasteiger partial charge in [-0.05, 0) is 6.42 Å². The van der Waals surface area contributed by atoms with Crippen LogP contribution in [0.3, 0.4) is 0 Å². The van der Waals surface area contributed by atoms with Crippen LogP contribution in [-0.4, -0.2) is 18.5 Å². The van der Waals surface area contributed by atoms with Gasteiger partial charge in [-0.1, -0.05) is 77.6 Å². The van der Waals surface area contributed by atoms with E-state index < -0.39 is 17.8 Å². The van der Waals surface area contributed by atoms with E-state index in [9.17, 15) is 13.6 Å². The third-order valence-corrected chi connectivity index (χ3v) is 4.63. The second-order valence-electron chi connectivity index (χ2n) is 6.98. The Morgan fingerprint density at radius 3 is 1.78 bits per heavy atom. The third kappa shape index (κ3) is 10.7. The molecule has 0 aromatic heterocycles. The summed E-state index contributed by atoms with van der Waals surface area (Å²) in [5.41, 5.74) is 0. The number of hydrogen-bond donors (Lipinski definition) is 0. The molecule has 1 rings (SSSR count). The number of carbonyl (C=O) groups is 1. The Labute approximate surface area is 140 Å². The molecule has 0 radical (unpaired) electrons. The molecule has 0 bridgehead atoms. The van der Waals surface area contributed by atoms with Gasteiger partial charge in [0, 0.05) is 12.3 Å². The first kappa shape index (κ1) is 20.4. The van der Waals surface area contributed by atoms with Crippen molar-refractivity contribution >= 4 is 5.97 Å². The summed E-state index contributed by atoms with van der Waals surface area (Å²) in [5, 5.41) is 0. The van der Waals surface area contributed by atoms with E-state index in [0.29, 0.717) is 6.61 Å². The Morgan fingerprint density at radius 1 is 0.913 bits per heavy atom. The molecule has 0 N–H and O–H groups in total. The van der Waals surface area contributed by atoms with Gasteiger partial charge in [0.1, 0.15) is 0 Å². The van der Waals surface area contributed by atoms with Crippen LogP contribution in [0.25, 0.3) is 0 Å². The van der Waals surface area contributed by atoms with Crippen LogP contribution in [0, 0.1) is 5.92 Å². The molecule has 0 aliphatic heterocycles. The Kier molecular flexibility index (Phi) is 10.5. The third-order valence-electron chi connectivity index (χ3n) is 4.63. The molecule has 1 fully saturated rings. The normalized spacial score (nSPS) is 18.8. The van der Waals surface area contributed by atoms with Crippen molar-refractivity contribution in [2.75, 3.05) is 6.61 Å². The molecule has 1 unspecified atom stereocenters. The van der Waals surface area contributed by atoms with Crippen LogP contribution >= 0.6 is 0 Å². The molecule has 0 heterocycles. The van der Waals surface area contributed by atoms with Crippen LogP contribution in [0.2, 0.25) is 0 Å². The zero-order valence-corrected chi connectivity index (χ0v) is 14.8. The van der Waals surface area contributed by atoms with Crippen LogP contribution in [0.15, 0.2) is 0 Å². The number of unbranched alkanes of at least 4 members (excludes halogenated alkanes) is 11. The Bertz CT molecular complexity index is 318. The number of rotatable bonds is 15. The van der Waals surface area contributed by atoms with Gasteiger partial charge in [-0.25, -0.2) is 8.78 Å². The van der Waals surface area contributed by atoms with Gasteiger partial charge in [-0.3, -0.25) is 4.79 Å². The second-order valence-corrected chi connectivity index (χ2v) is 6.98. The number of ether oxygens (including phenoxy) is 1. The minimum atomic E-state index is -2.62. The summed E-state index contributed by atoms with van der Waals surface area (Å²) in [4.78, 5) is 11.3. The molecule has 23 heavy (non-hydrogen) atoms. The number of alkyl halides is 2. The highest BCUT2D eigenvalue weighted by atomic mass is 19.3. The smallest absolute Gasteiger partial charge is 0.306 e. The van der Waals surface area contributed by atoms with Crippen molar-refractivity contribution in [1.82, 2.24) is 0 Å². The number of carbonyl (C=O) groups excluding carboxylic acids is 1. The fourth-order valence-corrected chi connectivity index (χ4v) is 2.88. The molecule has 1 atom stereocenters. The van der Waals surface area contributed by atoms with E-state index in [1.807, 2.05) is 0 Å². The van der Waals surface area contributed by atoms with E-state index in [2.05, 4.69) is 6.92 Å². The zero-order valence-electron chi connectivity index (χ0n) is 14.8. The maximum atomic E-state index is 12.6. The van der Waals surface area contributed by atoms with Gasteiger partial charge in [-0.2, -0.15) is 0 Å². The van der Waals surface area contributed by atoms with Crippen molar-refractivity contribution in [3.05, 3.63) is 0 Å². The van der Waals surface area contributed by atoms with Gasteiger partial charge in [-0.15, -0.1) is 0 Å². The lowest BCUT2D eigenvalue weighted by Gasteiger charge is -2.05. The van der Waals surface area contributed by atoms with Gasteiger partial charge in [0.15, 0.2) is 0 Å². The standard InChI is InChI=1S/C19H34F2O2/c1-2-3-4-5-6-7-8-9-10-11-12-13-14-23-18(22)15-17-16-19(17,20)21/h17H,2-16H2,1H3. The van der Waals surface area contributed by atoms with E-state index in [4.69, 9.17) is 4.74 Å². The van der Waals surface area contributed by atoms with Gasteiger partial charge in [0.05, 0.1) is 13.0 Å². The first-order valence-electron chi connectivity index (χ1n) is 9.59. The molecule has 4 heteroatoms. The van der Waals surface area contributed by atoms with E-state index >= 15 is 0 Å². The minimum absolute atomic E-state index is 0.120. The first-order valence-corrected chi connectivity index (χ1v) is 9.59. The maximum absolute atomic E-state index is 12.6. The summed E-state index contributed by atoms with van der Waals surface area (Å²) < 4.78 is 30.3. The molecule has 0 saturated heterocycles. The van der Waals surface area contributed by atoms with E-state index in [0.717, 1.165) is 12.8 Å². The van der Waals surface area contributed by atoms with Crippen LogP contribution in [0.4, 0.5) is 8.78 Å². The van der Waals surface area contributed by atoms with Gasteiger partial charge < -0.3 is 4.74 Å². The minimum Gasteiger partial charge on any atom is -0.466 e. The molecule has 0 aromatic carbocycles. The summed E-state index contributed by atoms with van der Waals surface area (Å²) in [6, 6.07) is 0. The van der Waals surface area contributed by atoms with Crippen LogP contribution < -0.4 is 0 Å². The highest BCUT2D eigenvalue weighted by molar-refractivity contribution is 5.70. The van der Waals surface area contributed by atoms with Crippen molar-refractivity contribution in [2.45, 2.75) is 103 Å². The van der Waals surface area contributed by atoms with Crippen LogP contribution in [-0.2, 0) is 9.53 Å². The molecule has 1 aliphatic carbocycles. The molecule has 136 valence electrons. The predicted molar refractivity (Wildman–Crippen MR) is 89.7 cm³/mol. The summed E-state index contributed by atoms with van der Waals surface area (Å²) in [7, 11) is 0. The van der Waals surface area contributed by atoms with E-state index in [1.54, 1.807) is 0 Å². The monoisotopic (exact) mass is 332 g/mol. The number of esters is 1. The highest BCUT2D eigenvalue weighted by Crippen LogP contribution is 2.50. The predicted octanol–water partition coefficient (Wildman–Crippen LogP) is 6.28. The Balaban J connectivity index is 1.74. The van der Waals surface area contributed by atoms with Crippen molar-refractivity contribution in [2.24, 2.45) is 5.92 Å². The lowest BCUT2D eigenvalue weighted by atomic mass is 10.1. The van der Waals surface area contributed by atoms with Crippen molar-refractivity contribution in [3.63, 3.8) is 0 Å². The fraction of sp³-hybridized carbons (Fsp3) is 0.947. The molecule has 2 nitrogen and oxygen atoms in total. The first-order chi connectivity index (χ1) is 11.1. The van der Waals surface area contributed by atoms with Gasteiger partial charge >= 0.3 is 5.97 Å². The molecule has 0 spiro atoms. The molecular formula is C19H34F2O2. The fourth-order valence-electron chi connectivity index (χ4n) is 2.88. The molecule has 1 saturated carbocycles. The Hall–Kier alpha value is -0.670. The van der Waals surface area contributed by atoms with Crippen LogP contribution in [0.1, 0.15) is 96.8 Å². The SMILES string of the molecule is CCCCCCCCCCCCCCOC(=O)CC1CC1(F)F. The highest BCUT2D eigenvalue weighted by Gasteiger charge is 2.57. The molecule has 0 aromatic rings. The largest absolute Gasteiger partial charge is 0.466 e. The zero-order chi connectivity index (χ0) is 17.0. The quantitative estimate of drug-likeness (QED) is 0.261. The van der Waals surface area contributed by atoms with Crippen molar-refractivity contribution in [3.8, 4) is 0 Å². The average molecular weight is 332 g/mol. The maximum Gasteiger partial charge on any atom is 0.306 e. The van der Waals surface area contributed by atoms with Gasteiger partial charge in [0.25, 0.3) is 5.92 Å². The van der Waals surface area contributed by atoms with Crippen LogP contribution in [0.5, 0.6) is 0 Å². The molecular weight excluding hydrogens is 298 g/mol. The van der Waals surface area contributed by atoms with Crippen molar-refractivity contribution < 1.29 is 18.3 Å². The van der Waals surface area contributed by atoms with Crippen molar-refractivity contribution in [1.29, 1.82) is 0 Å². The summed E-state index contributed by atoms with van der Waals surface area (Å²) in [6.45, 7) is 2.63. The number of halogens is 2. The van der Waals surface area contributed by atoms with E-state index in [1.165, 1.54) is 64.2 Å². The lowest BCUT2D eigenvalue weighted by molar-refractivity contribution is -0.144. The summed E-state index contributed by atoms with van der Waals surface area (Å²) in [5.74, 6) is -3.85. The average Bonchev–Trinajstić information content (AvgIpc) is 3.10. The molecule has 1 aliphatic rings. The lowest BCUT2D eigenvalue weighted by Crippen LogP contribution is -2.08. The second kappa shape index (κ2) is 11.8. The van der Waals surface area contributed by atoms with Gasteiger partial charge in [0.2, 0.25) is 0 Å². The summed E-state index contributed by atoms with van der Waals surface area (Å²) >= 11 is 0. The summed E-state index contributed by atoms with van der Waals surface area (Å²) in [6.07, 6.45) is 14.9.